The third-order valence-electron chi connectivity index (χ3n) is 14.3. The summed E-state index contributed by atoms with van der Waals surface area (Å²) >= 11 is 0. The van der Waals surface area contributed by atoms with Crippen LogP contribution in [0, 0.1) is 17.8 Å². The van der Waals surface area contributed by atoms with Crippen molar-refractivity contribution in [3.63, 3.8) is 0 Å². The van der Waals surface area contributed by atoms with Crippen molar-refractivity contribution >= 4 is 11.8 Å². The highest BCUT2D eigenvalue weighted by Gasteiger charge is 2.44. The quantitative estimate of drug-likeness (QED) is 0.186. The first kappa shape index (κ1) is 34.3. The summed E-state index contributed by atoms with van der Waals surface area (Å²) in [7, 11) is 0. The summed E-state index contributed by atoms with van der Waals surface area (Å²) in [4.78, 5) is 33.3. The van der Waals surface area contributed by atoms with Gasteiger partial charge in [0.2, 0.25) is 11.8 Å². The van der Waals surface area contributed by atoms with Crippen LogP contribution in [-0.2, 0) is 16.0 Å². The third kappa shape index (κ3) is 6.86. The van der Waals surface area contributed by atoms with Crippen LogP contribution in [-0.4, -0.2) is 46.8 Å². The van der Waals surface area contributed by atoms with Crippen LogP contribution in [0.5, 0.6) is 0 Å². The highest BCUT2D eigenvalue weighted by molar-refractivity contribution is 6.00. The maximum absolute atomic E-state index is 13.9. The Morgan fingerprint density at radius 1 is 0.500 bits per heavy atom. The van der Waals surface area contributed by atoms with Crippen LogP contribution < -0.4 is 10.6 Å². The average Bonchev–Trinajstić information content (AvgIpc) is 3.95. The second-order valence-corrected chi connectivity index (χ2v) is 17.2. The van der Waals surface area contributed by atoms with Crippen LogP contribution >= 0.6 is 0 Å². The molecule has 4 bridgehead atoms. The zero-order valence-corrected chi connectivity index (χ0v) is 30.9. The molecule has 4 atom stereocenters. The molecule has 4 heterocycles. The Morgan fingerprint density at radius 2 is 0.865 bits per heavy atom. The van der Waals surface area contributed by atoms with E-state index < -0.39 is 5.92 Å². The summed E-state index contributed by atoms with van der Waals surface area (Å²) in [6.45, 7) is 2.36. The molecule has 4 fully saturated rings. The van der Waals surface area contributed by atoms with Crippen molar-refractivity contribution in [3.8, 4) is 0 Å². The molecule has 3 aromatic carbocycles. The fourth-order valence-electron chi connectivity index (χ4n) is 11.5. The smallest absolute Gasteiger partial charge is 0.233 e. The number of fused-ring (bicyclic) bond motifs is 10. The van der Waals surface area contributed by atoms with E-state index in [1.807, 2.05) is 30.3 Å². The minimum Gasteiger partial charge on any atom is -0.353 e. The first-order valence-electron chi connectivity index (χ1n) is 20.9. The Balaban J connectivity index is 0.740. The number of benzene rings is 3. The minimum atomic E-state index is -0.697. The molecule has 0 unspecified atom stereocenters. The van der Waals surface area contributed by atoms with Gasteiger partial charge in [-0.05, 0) is 149 Å². The fourth-order valence-corrected chi connectivity index (χ4v) is 11.5. The maximum atomic E-state index is 13.9. The van der Waals surface area contributed by atoms with Gasteiger partial charge in [-0.3, -0.25) is 19.4 Å². The molecular formula is C46H58N4O2. The summed E-state index contributed by atoms with van der Waals surface area (Å²) in [6.07, 6.45) is 16.8. The van der Waals surface area contributed by atoms with Gasteiger partial charge >= 0.3 is 0 Å². The van der Waals surface area contributed by atoms with E-state index in [2.05, 4.69) is 69.0 Å². The summed E-state index contributed by atoms with van der Waals surface area (Å²) in [6, 6.07) is 31.1. The number of rotatable bonds is 12. The van der Waals surface area contributed by atoms with Crippen LogP contribution in [0.4, 0.5) is 0 Å². The summed E-state index contributed by atoms with van der Waals surface area (Å²) in [5.74, 6) is 0.558. The molecule has 2 saturated carbocycles. The molecule has 6 nitrogen and oxygen atoms in total. The molecule has 0 radical (unpaired) electrons. The van der Waals surface area contributed by atoms with Gasteiger partial charge in [0.05, 0.1) is 0 Å². The first-order valence-corrected chi connectivity index (χ1v) is 20.9. The number of hydrogen-bond acceptors (Lipinski definition) is 4. The molecule has 6 aliphatic rings. The summed E-state index contributed by atoms with van der Waals surface area (Å²) < 4.78 is 0. The van der Waals surface area contributed by atoms with E-state index in [9.17, 15) is 9.59 Å². The number of nitrogens with one attached hydrogen (secondary N) is 2. The molecule has 4 aliphatic heterocycles. The summed E-state index contributed by atoms with van der Waals surface area (Å²) in [5.41, 5.74) is 7.31. The van der Waals surface area contributed by atoms with E-state index >= 15 is 0 Å². The summed E-state index contributed by atoms with van der Waals surface area (Å²) in [5, 5.41) is 6.73. The van der Waals surface area contributed by atoms with Gasteiger partial charge in [0.1, 0.15) is 5.92 Å². The van der Waals surface area contributed by atoms with E-state index in [1.165, 1.54) is 51.6 Å². The van der Waals surface area contributed by atoms with Gasteiger partial charge in [-0.1, -0.05) is 78.9 Å². The first-order chi connectivity index (χ1) is 25.6. The lowest BCUT2D eigenvalue weighted by Gasteiger charge is -2.33. The van der Waals surface area contributed by atoms with Crippen molar-refractivity contribution in [1.29, 1.82) is 0 Å². The predicted octanol–water partition coefficient (Wildman–Crippen LogP) is 8.76. The molecule has 2 saturated heterocycles. The Morgan fingerprint density at radius 3 is 1.25 bits per heavy atom. The predicted molar refractivity (Wildman–Crippen MR) is 206 cm³/mol. The number of nitrogens with zero attached hydrogens (tertiary/aromatic N) is 2. The lowest BCUT2D eigenvalue weighted by Crippen LogP contribution is -2.49. The average molecular weight is 699 g/mol. The Bertz CT molecular complexity index is 1540. The molecule has 9 rings (SSSR count). The highest BCUT2D eigenvalue weighted by Crippen LogP contribution is 2.54. The molecule has 3 aromatic rings. The highest BCUT2D eigenvalue weighted by atomic mass is 16.2. The van der Waals surface area contributed by atoms with Crippen molar-refractivity contribution in [2.24, 2.45) is 17.8 Å². The Kier molecular flexibility index (Phi) is 9.96. The lowest BCUT2D eigenvalue weighted by molar-refractivity contribution is -0.136. The fraction of sp³-hybridized carbons (Fsp3) is 0.565. The molecule has 2 aliphatic carbocycles. The molecule has 274 valence electrons. The molecule has 0 spiro atoms. The number of carbonyl (C=O) groups excluding carboxylic acids is 2. The number of amides is 2. The standard InChI is InChI=1S/C46H58N4O2/c51-45(47-34-18-14-31(15-19-34)26-28-49-41-22-23-42(49)37-11-5-4-10-36(37)41)40(30-33-8-2-1-3-9-33)46(52)48-35-20-16-32(17-21-35)27-29-50-43-24-25-44(50)39-13-7-6-12-38(39)43/h1-13,31-32,34-35,40-44H,14-30H2,(H,47,51)(H,48,52)/t31?,32?,34?,35?,40?,41-,42+,43-,44+. The van der Waals surface area contributed by atoms with Gasteiger partial charge in [0.15, 0.2) is 0 Å². The second kappa shape index (κ2) is 15.1. The number of carbonyl (C=O) groups is 2. The van der Waals surface area contributed by atoms with Crippen LogP contribution in [0.3, 0.4) is 0 Å². The molecule has 2 amide bonds. The zero-order valence-electron chi connectivity index (χ0n) is 30.9. The topological polar surface area (TPSA) is 64.7 Å². The SMILES string of the molecule is O=C(NC1CCC(CCN2[C@@H]3CC[C@H]2c2ccccc23)CC1)C(Cc1ccccc1)C(=O)NC1CCC(CCN2[C@@H]3CC[C@H]2c2ccccc23)CC1. The van der Waals surface area contributed by atoms with E-state index in [4.69, 9.17) is 0 Å². The third-order valence-corrected chi connectivity index (χ3v) is 14.3. The molecule has 6 heteroatoms. The minimum absolute atomic E-state index is 0.0915. The van der Waals surface area contributed by atoms with Crippen LogP contribution in [0.15, 0.2) is 78.9 Å². The normalized spacial score (nSPS) is 31.2. The molecule has 52 heavy (non-hydrogen) atoms. The Labute approximate surface area is 311 Å². The van der Waals surface area contributed by atoms with Crippen LogP contribution in [0.1, 0.15) is 142 Å². The van der Waals surface area contributed by atoms with Crippen LogP contribution in [0.25, 0.3) is 0 Å². The number of hydrogen-bond donors (Lipinski definition) is 2. The van der Waals surface area contributed by atoms with Crippen molar-refractivity contribution < 1.29 is 9.59 Å². The van der Waals surface area contributed by atoms with Crippen molar-refractivity contribution in [2.75, 3.05) is 13.1 Å². The van der Waals surface area contributed by atoms with E-state index in [0.717, 1.165) is 68.8 Å². The Hall–Kier alpha value is -3.48. The van der Waals surface area contributed by atoms with Gasteiger partial charge < -0.3 is 10.6 Å². The van der Waals surface area contributed by atoms with Gasteiger partial charge in [0, 0.05) is 36.3 Å². The van der Waals surface area contributed by atoms with E-state index in [0.29, 0.717) is 30.6 Å². The van der Waals surface area contributed by atoms with Crippen molar-refractivity contribution in [1.82, 2.24) is 20.4 Å². The monoisotopic (exact) mass is 698 g/mol. The van der Waals surface area contributed by atoms with Gasteiger partial charge in [-0.25, -0.2) is 0 Å². The molecule has 0 aromatic heterocycles. The van der Waals surface area contributed by atoms with E-state index in [-0.39, 0.29) is 23.9 Å². The second-order valence-electron chi connectivity index (χ2n) is 17.2. The maximum Gasteiger partial charge on any atom is 0.233 e. The van der Waals surface area contributed by atoms with Crippen molar-refractivity contribution in [3.05, 3.63) is 107 Å². The van der Waals surface area contributed by atoms with Gasteiger partial charge in [-0.2, -0.15) is 0 Å². The van der Waals surface area contributed by atoms with Gasteiger partial charge in [-0.15, -0.1) is 0 Å². The lowest BCUT2D eigenvalue weighted by atomic mass is 9.83. The van der Waals surface area contributed by atoms with E-state index in [1.54, 1.807) is 22.3 Å². The van der Waals surface area contributed by atoms with Gasteiger partial charge in [0.25, 0.3) is 0 Å². The van der Waals surface area contributed by atoms with Crippen LogP contribution in [0.2, 0.25) is 0 Å². The molecule has 2 N–H and O–H groups in total. The zero-order chi connectivity index (χ0) is 35.0. The largest absolute Gasteiger partial charge is 0.353 e. The van der Waals surface area contributed by atoms with Crippen molar-refractivity contribution in [2.45, 2.75) is 133 Å². The molecular weight excluding hydrogens is 641 g/mol.